The van der Waals surface area contributed by atoms with Crippen LogP contribution in [0, 0.1) is 10.7 Å². The lowest BCUT2D eigenvalue weighted by atomic mass is 11.8. The van der Waals surface area contributed by atoms with Gasteiger partial charge in [-0.15, -0.1) is 0 Å². The van der Waals surface area contributed by atoms with Gasteiger partial charge < -0.3 is 0 Å². The van der Waals surface area contributed by atoms with Crippen molar-refractivity contribution in [3.8, 4) is 5.40 Å². The molecule has 5 heavy (non-hydrogen) atoms. The molecule has 0 spiro atoms. The maximum atomic E-state index is 7.71. The van der Waals surface area contributed by atoms with Crippen LogP contribution in [0.4, 0.5) is 0 Å². The third kappa shape index (κ3) is 4.54. The standard InChI is InChI=1S/CHNS3/c2-1-4-5-3/h3H. The predicted molar refractivity (Wildman–Crippen MR) is 29.8 cm³/mol. The number of hydrogen-bond acceptors (Lipinski definition) is 4. The van der Waals surface area contributed by atoms with Gasteiger partial charge in [0.05, 0.1) is 0 Å². The first kappa shape index (κ1) is 5.54. The van der Waals surface area contributed by atoms with Crippen LogP contribution in [0.3, 0.4) is 0 Å². The number of thiol groups is 1. The van der Waals surface area contributed by atoms with Crippen molar-refractivity contribution < 1.29 is 0 Å². The molecule has 28 valence electrons. The summed E-state index contributed by atoms with van der Waals surface area (Å²) in [4.78, 5) is 0. The summed E-state index contributed by atoms with van der Waals surface area (Å²) in [6.45, 7) is 0. The number of hydrogen-bond donors (Lipinski definition) is 1. The van der Waals surface area contributed by atoms with E-state index in [1.54, 1.807) is 0 Å². The first-order valence-corrected chi connectivity index (χ1v) is 3.98. The van der Waals surface area contributed by atoms with Crippen LogP contribution in [0.15, 0.2) is 0 Å². The van der Waals surface area contributed by atoms with Crippen LogP contribution in [0.1, 0.15) is 0 Å². The minimum absolute atomic E-state index is 1.05. The average Bonchev–Trinajstić information content (AvgIpc) is 1.41. The highest BCUT2D eigenvalue weighted by molar-refractivity contribution is 9.06. The Balaban J connectivity index is 2.48. The fourth-order valence-corrected chi connectivity index (χ4v) is 0.450. The molecule has 0 aliphatic carbocycles. The molecule has 0 rings (SSSR count). The molecule has 0 fully saturated rings. The highest BCUT2D eigenvalue weighted by atomic mass is 33.5. The summed E-state index contributed by atoms with van der Waals surface area (Å²) >= 11 is 3.66. The van der Waals surface area contributed by atoms with E-state index in [2.05, 4.69) is 11.7 Å². The molecule has 0 bridgehead atoms. The fourth-order valence-electron chi connectivity index (χ4n) is 0.0167. The fraction of sp³-hybridized carbons (Fsp3) is 0. The van der Waals surface area contributed by atoms with Crippen LogP contribution in [-0.2, 0) is 0 Å². The Labute approximate surface area is 43.3 Å². The van der Waals surface area contributed by atoms with Crippen molar-refractivity contribution in [2.75, 3.05) is 0 Å². The SMILES string of the molecule is N#CSSS. The Kier molecular flexibility index (Phi) is 5.03. The number of thiocyanates is 1. The van der Waals surface area contributed by atoms with Crippen molar-refractivity contribution in [2.45, 2.75) is 0 Å². The van der Waals surface area contributed by atoms with Crippen LogP contribution in [0.25, 0.3) is 0 Å². The molecule has 0 aliphatic rings. The van der Waals surface area contributed by atoms with E-state index >= 15 is 0 Å². The Bertz CT molecular complexity index is 45.3. The van der Waals surface area contributed by atoms with E-state index in [9.17, 15) is 0 Å². The molecule has 0 atom stereocenters. The average molecular weight is 123 g/mol. The second-order valence-corrected chi connectivity index (χ2v) is 3.04. The van der Waals surface area contributed by atoms with Gasteiger partial charge in [-0.2, -0.15) is 5.26 Å². The number of rotatable bonds is 1. The molecule has 0 amide bonds. The molecular formula is CHNS3. The van der Waals surface area contributed by atoms with Gasteiger partial charge in [-0.3, -0.25) is 0 Å². The maximum Gasteiger partial charge on any atom is 0.145 e. The molecule has 0 N–H and O–H groups in total. The minimum atomic E-state index is 1.05. The van der Waals surface area contributed by atoms with E-state index in [1.165, 1.54) is 0 Å². The largest absolute Gasteiger partial charge is 0.184 e. The summed E-state index contributed by atoms with van der Waals surface area (Å²) in [5.74, 6) is 0. The van der Waals surface area contributed by atoms with Crippen LogP contribution < -0.4 is 0 Å². The monoisotopic (exact) mass is 123 g/mol. The van der Waals surface area contributed by atoms with E-state index in [0.717, 1.165) is 20.6 Å². The Morgan fingerprint density at radius 3 is 2.40 bits per heavy atom. The molecule has 0 saturated heterocycles. The van der Waals surface area contributed by atoms with E-state index in [0.29, 0.717) is 0 Å². The van der Waals surface area contributed by atoms with E-state index < -0.39 is 0 Å². The summed E-state index contributed by atoms with van der Waals surface area (Å²) in [7, 11) is 2.20. The molecule has 0 saturated carbocycles. The maximum absolute atomic E-state index is 7.71. The number of nitriles is 1. The molecule has 0 radical (unpaired) electrons. The molecule has 0 aromatic rings. The smallest absolute Gasteiger partial charge is 0.145 e. The Morgan fingerprint density at radius 2 is 2.40 bits per heavy atom. The van der Waals surface area contributed by atoms with Crippen LogP contribution in [0.2, 0.25) is 0 Å². The summed E-state index contributed by atoms with van der Waals surface area (Å²) in [5.41, 5.74) is 0. The van der Waals surface area contributed by atoms with Crippen molar-refractivity contribution in [1.82, 2.24) is 0 Å². The zero-order chi connectivity index (χ0) is 4.12. The van der Waals surface area contributed by atoms with Crippen molar-refractivity contribution in [3.63, 3.8) is 0 Å². The Hall–Kier alpha value is 0.540. The van der Waals surface area contributed by atoms with Gasteiger partial charge in [0.1, 0.15) is 5.40 Å². The minimum Gasteiger partial charge on any atom is -0.184 e. The third-order valence-corrected chi connectivity index (χ3v) is 1.34. The number of nitrogens with zero attached hydrogens (tertiary/aromatic N) is 1. The molecular weight excluding hydrogens is 122 g/mol. The lowest BCUT2D eigenvalue weighted by Crippen LogP contribution is -1.20. The van der Waals surface area contributed by atoms with Crippen LogP contribution in [0.5, 0.6) is 0 Å². The van der Waals surface area contributed by atoms with Gasteiger partial charge in [-0.05, 0) is 9.83 Å². The topological polar surface area (TPSA) is 23.8 Å². The highest BCUT2D eigenvalue weighted by Gasteiger charge is 1.67. The van der Waals surface area contributed by atoms with Crippen molar-refractivity contribution in [2.24, 2.45) is 0 Å². The molecule has 1 nitrogen and oxygen atoms in total. The molecule has 0 heterocycles. The Morgan fingerprint density at radius 1 is 1.80 bits per heavy atom. The van der Waals surface area contributed by atoms with Crippen LogP contribution in [-0.4, -0.2) is 0 Å². The molecule has 0 aliphatic heterocycles. The van der Waals surface area contributed by atoms with E-state index in [1.807, 2.05) is 5.40 Å². The zero-order valence-corrected chi connectivity index (χ0v) is 4.74. The molecule has 0 aromatic heterocycles. The van der Waals surface area contributed by atoms with Crippen molar-refractivity contribution in [3.05, 3.63) is 0 Å². The first-order valence-electron chi connectivity index (χ1n) is 0.777. The quantitative estimate of drug-likeness (QED) is 0.326. The third-order valence-electron chi connectivity index (χ3n) is 0.0745. The van der Waals surface area contributed by atoms with E-state index in [-0.39, 0.29) is 0 Å². The summed E-state index contributed by atoms with van der Waals surface area (Å²) in [5, 5.41) is 9.53. The second-order valence-electron chi connectivity index (χ2n) is 0.249. The van der Waals surface area contributed by atoms with Crippen LogP contribution >= 0.6 is 32.3 Å². The van der Waals surface area contributed by atoms with Crippen molar-refractivity contribution in [1.29, 1.82) is 5.26 Å². The predicted octanol–water partition coefficient (Wildman–Crippen LogP) is 1.69. The van der Waals surface area contributed by atoms with Gasteiger partial charge in [0.15, 0.2) is 0 Å². The first-order chi connectivity index (χ1) is 2.41. The highest BCUT2D eigenvalue weighted by Crippen LogP contribution is 2.21. The van der Waals surface area contributed by atoms with Gasteiger partial charge in [0, 0.05) is 10.8 Å². The normalized spacial score (nSPS) is 6.40. The van der Waals surface area contributed by atoms with Gasteiger partial charge in [0.25, 0.3) is 0 Å². The van der Waals surface area contributed by atoms with Gasteiger partial charge in [-0.25, -0.2) is 0 Å². The van der Waals surface area contributed by atoms with E-state index in [4.69, 9.17) is 5.26 Å². The summed E-state index contributed by atoms with van der Waals surface area (Å²) in [6.07, 6.45) is 0. The van der Waals surface area contributed by atoms with Crippen molar-refractivity contribution >= 4 is 32.3 Å². The second kappa shape index (κ2) is 4.54. The van der Waals surface area contributed by atoms with Gasteiger partial charge in [-0.1, -0.05) is 11.7 Å². The molecule has 0 unspecified atom stereocenters. The van der Waals surface area contributed by atoms with Gasteiger partial charge in [0.2, 0.25) is 0 Å². The molecule has 0 aromatic carbocycles. The lowest BCUT2D eigenvalue weighted by molar-refractivity contribution is 1.57. The lowest BCUT2D eigenvalue weighted by Gasteiger charge is -1.64. The summed E-state index contributed by atoms with van der Waals surface area (Å²) < 4.78 is 0. The molecule has 4 heteroatoms. The zero-order valence-electron chi connectivity index (χ0n) is 2.21. The van der Waals surface area contributed by atoms with Gasteiger partial charge >= 0.3 is 0 Å². The summed E-state index contributed by atoms with van der Waals surface area (Å²) in [6, 6.07) is 0.